The molecule has 0 radical (unpaired) electrons. The largest absolute Gasteiger partial charge is 0.434 e. The van der Waals surface area contributed by atoms with E-state index in [2.05, 4.69) is 4.98 Å². The second kappa shape index (κ2) is 4.45. The van der Waals surface area contributed by atoms with E-state index in [-0.39, 0.29) is 11.1 Å². The van der Waals surface area contributed by atoms with Crippen molar-refractivity contribution < 1.29 is 25.1 Å². The lowest BCUT2D eigenvalue weighted by atomic mass is 10.1. The molecule has 2 rings (SSSR count). The Morgan fingerprint density at radius 3 is 2.56 bits per heavy atom. The molecule has 0 bridgehead atoms. The van der Waals surface area contributed by atoms with Crippen molar-refractivity contribution >= 4 is 0 Å². The van der Waals surface area contributed by atoms with E-state index in [1.165, 1.54) is 12.1 Å². The molecule has 0 aliphatic heterocycles. The first-order chi connectivity index (χ1) is 10.3. The highest BCUT2D eigenvalue weighted by Gasteiger charge is 2.34. The first-order valence-electron chi connectivity index (χ1n) is 7.30. The van der Waals surface area contributed by atoms with Crippen LogP contribution in [0, 0.1) is 0 Å². The minimum atomic E-state index is -4.80. The highest BCUT2D eigenvalue weighted by molar-refractivity contribution is 5.56. The van der Waals surface area contributed by atoms with E-state index in [4.69, 9.17) is 6.85 Å². The van der Waals surface area contributed by atoms with Gasteiger partial charge in [-0.15, -0.1) is 0 Å². The number of halogens is 3. The zero-order chi connectivity index (χ0) is 17.6. The van der Waals surface area contributed by atoms with E-state index in [9.17, 15) is 18.3 Å². The minimum absolute atomic E-state index is 0.0459. The highest BCUT2D eigenvalue weighted by atomic mass is 19.4. The minimum Gasteiger partial charge on any atom is -0.392 e. The van der Waals surface area contributed by atoms with Crippen molar-refractivity contribution in [1.82, 2.24) is 9.55 Å². The van der Waals surface area contributed by atoms with E-state index >= 15 is 0 Å². The van der Waals surface area contributed by atoms with Crippen molar-refractivity contribution in [3.8, 4) is 11.4 Å². The summed E-state index contributed by atoms with van der Waals surface area (Å²) in [5.41, 5.74) is -1.42. The third-order valence-corrected chi connectivity index (χ3v) is 2.27. The average molecular weight is 261 g/mol. The van der Waals surface area contributed by atoms with E-state index in [0.29, 0.717) is 10.8 Å². The second-order valence-corrected chi connectivity index (χ2v) is 3.51. The number of imidazole rings is 1. The van der Waals surface area contributed by atoms with Crippen LogP contribution >= 0.6 is 0 Å². The molecule has 0 atom stereocenters. The van der Waals surface area contributed by atoms with Gasteiger partial charge in [0.15, 0.2) is 5.69 Å². The van der Waals surface area contributed by atoms with Gasteiger partial charge in [0, 0.05) is 22.8 Å². The summed E-state index contributed by atoms with van der Waals surface area (Å²) >= 11 is 0. The number of aryl methyl sites for hydroxylation is 1. The fraction of sp³-hybridized carbons (Fsp3) is 0.250. The van der Waals surface area contributed by atoms with Gasteiger partial charge in [-0.2, -0.15) is 13.2 Å². The van der Waals surface area contributed by atoms with Gasteiger partial charge in [0.1, 0.15) is 5.82 Å². The van der Waals surface area contributed by atoms with Crippen LogP contribution in [0.1, 0.15) is 18.1 Å². The van der Waals surface area contributed by atoms with E-state index in [0.717, 1.165) is 12.1 Å². The summed E-state index contributed by atoms with van der Waals surface area (Å²) < 4.78 is 74.9. The van der Waals surface area contributed by atoms with Gasteiger partial charge >= 0.3 is 6.18 Å². The van der Waals surface area contributed by atoms with Crippen LogP contribution in [-0.2, 0) is 19.7 Å². The Bertz CT molecular complexity index is 701. The smallest absolute Gasteiger partial charge is 0.392 e. The Labute approximate surface area is 109 Å². The molecule has 0 amide bonds. The molecule has 18 heavy (non-hydrogen) atoms. The van der Waals surface area contributed by atoms with Crippen LogP contribution in [0.15, 0.2) is 30.5 Å². The number of benzene rings is 1. The number of aromatic nitrogens is 2. The van der Waals surface area contributed by atoms with Gasteiger partial charge in [0.25, 0.3) is 0 Å². The monoisotopic (exact) mass is 261 g/mol. The summed E-state index contributed by atoms with van der Waals surface area (Å²) in [7, 11) is 0. The summed E-state index contributed by atoms with van der Waals surface area (Å²) in [6.45, 7) is -5.48. The molecule has 0 saturated heterocycles. The third-order valence-electron chi connectivity index (χ3n) is 2.27. The summed E-state index contributed by atoms with van der Waals surface area (Å²) in [5, 5.41) is 9.22. The quantitative estimate of drug-likeness (QED) is 0.902. The van der Waals surface area contributed by atoms with Gasteiger partial charge in [-0.25, -0.2) is 4.98 Å². The predicted molar refractivity (Wildman–Crippen MR) is 59.6 cm³/mol. The first-order valence-corrected chi connectivity index (χ1v) is 4.80. The van der Waals surface area contributed by atoms with Crippen molar-refractivity contribution in [1.29, 1.82) is 0 Å². The van der Waals surface area contributed by atoms with E-state index < -0.39 is 31.2 Å². The fourth-order valence-corrected chi connectivity index (χ4v) is 1.41. The standard InChI is InChI=1S/C12H11F3N2O/c1-17-6-10(12(13,14)15)16-11(17)9-4-2-8(7-18)3-5-9/h2-6,18H,7H2,1H3/i1D3,7D2. The Morgan fingerprint density at radius 1 is 1.39 bits per heavy atom. The SMILES string of the molecule is [2H]C([2H])(O)c1ccc(-c2nc(C(F)(F)F)cn2C([2H])([2H])[2H])cc1. The first kappa shape index (κ1) is 7.58. The van der Waals surface area contributed by atoms with Gasteiger partial charge in [0.2, 0.25) is 0 Å². The molecule has 96 valence electrons. The van der Waals surface area contributed by atoms with Crippen molar-refractivity contribution in [3.05, 3.63) is 41.7 Å². The summed E-state index contributed by atoms with van der Waals surface area (Å²) in [5.74, 6) is -0.428. The molecule has 1 aromatic heterocycles. The maximum atomic E-state index is 12.8. The van der Waals surface area contributed by atoms with E-state index in [1.54, 1.807) is 0 Å². The number of aliphatic hydroxyl groups is 1. The molecular weight excluding hydrogens is 245 g/mol. The Balaban J connectivity index is 2.56. The summed E-state index contributed by atoms with van der Waals surface area (Å²) in [4.78, 5) is 3.33. The van der Waals surface area contributed by atoms with Crippen LogP contribution in [-0.4, -0.2) is 14.7 Å². The molecule has 6 heteroatoms. The molecule has 0 aliphatic carbocycles. The highest BCUT2D eigenvalue weighted by Crippen LogP contribution is 2.30. The topological polar surface area (TPSA) is 38.1 Å². The van der Waals surface area contributed by atoms with Crippen LogP contribution in [0.25, 0.3) is 11.4 Å². The lowest BCUT2D eigenvalue weighted by molar-refractivity contribution is -0.140. The van der Waals surface area contributed by atoms with Crippen LogP contribution in [0.4, 0.5) is 13.2 Å². The number of nitrogens with zero attached hydrogens (tertiary/aromatic N) is 2. The van der Waals surface area contributed by atoms with Crippen LogP contribution in [0.2, 0.25) is 0 Å². The molecule has 0 unspecified atom stereocenters. The molecule has 1 N–H and O–H groups in total. The van der Waals surface area contributed by atoms with Crippen LogP contribution in [0.5, 0.6) is 0 Å². The molecule has 0 saturated carbocycles. The molecule has 2 aromatic rings. The lowest BCUT2D eigenvalue weighted by Gasteiger charge is -2.02. The molecule has 1 heterocycles. The van der Waals surface area contributed by atoms with Crippen molar-refractivity contribution in [2.24, 2.45) is 6.98 Å². The van der Waals surface area contributed by atoms with Gasteiger partial charge < -0.3 is 9.67 Å². The summed E-state index contributed by atoms with van der Waals surface area (Å²) in [6, 6.07) is 4.66. The Kier molecular flexibility index (Phi) is 1.88. The van der Waals surface area contributed by atoms with Crippen molar-refractivity contribution in [2.75, 3.05) is 0 Å². The second-order valence-electron chi connectivity index (χ2n) is 3.51. The maximum Gasteiger partial charge on any atom is 0.434 e. The molecule has 0 fully saturated rings. The van der Waals surface area contributed by atoms with Gasteiger partial charge in [-0.05, 0) is 5.56 Å². The molecule has 1 aromatic carbocycles. The van der Waals surface area contributed by atoms with Crippen LogP contribution < -0.4 is 0 Å². The lowest BCUT2D eigenvalue weighted by Crippen LogP contribution is -2.04. The van der Waals surface area contributed by atoms with Gasteiger partial charge in [-0.1, -0.05) is 24.3 Å². The average Bonchev–Trinajstić information content (AvgIpc) is 2.82. The number of alkyl halides is 3. The molecule has 0 aliphatic rings. The normalized spacial score (nSPS) is 17.4. The van der Waals surface area contributed by atoms with Crippen LogP contribution in [0.3, 0.4) is 0 Å². The van der Waals surface area contributed by atoms with Gasteiger partial charge in [0.05, 0.1) is 9.30 Å². The predicted octanol–water partition coefficient (Wildman–Crippen LogP) is 2.60. The third kappa shape index (κ3) is 2.38. The maximum absolute atomic E-state index is 12.8. The Morgan fingerprint density at radius 2 is 2.06 bits per heavy atom. The number of hydrogen-bond donors (Lipinski definition) is 1. The number of rotatable bonds is 2. The molecular formula is C12H11F3N2O. The van der Waals surface area contributed by atoms with Crippen molar-refractivity contribution in [2.45, 2.75) is 12.7 Å². The Hall–Kier alpha value is -1.82. The van der Waals surface area contributed by atoms with E-state index in [1.807, 2.05) is 0 Å². The van der Waals surface area contributed by atoms with Gasteiger partial charge in [-0.3, -0.25) is 0 Å². The summed E-state index contributed by atoms with van der Waals surface area (Å²) in [6.07, 6.45) is -4.39. The number of hydrogen-bond acceptors (Lipinski definition) is 2. The zero-order valence-electron chi connectivity index (χ0n) is 13.9. The van der Waals surface area contributed by atoms with Crippen molar-refractivity contribution in [3.63, 3.8) is 0 Å². The molecule has 0 spiro atoms. The fourth-order valence-electron chi connectivity index (χ4n) is 1.41. The molecule has 3 nitrogen and oxygen atoms in total. The zero-order valence-corrected chi connectivity index (χ0v) is 8.86.